The SMILES string of the molecule is CCC1=N[C@@]2(CC[C@@H]3CN(C(=O)NC4CCCC4)C[C@@H]32)C(=O)N1CC1CC1. The maximum absolute atomic E-state index is 13.5. The van der Waals surface area contributed by atoms with Gasteiger partial charge in [0, 0.05) is 38.0 Å². The summed E-state index contributed by atoms with van der Waals surface area (Å²) in [5.74, 6) is 2.52. The van der Waals surface area contributed by atoms with Crippen LogP contribution < -0.4 is 5.32 Å². The second-order valence-corrected chi connectivity index (χ2v) is 9.41. The number of aliphatic imine (C=N–C) groups is 1. The summed E-state index contributed by atoms with van der Waals surface area (Å²) in [7, 11) is 0. The number of likely N-dealkylation sites (tertiary alicyclic amines) is 1. The molecule has 0 aromatic rings. The van der Waals surface area contributed by atoms with E-state index in [-0.39, 0.29) is 17.9 Å². The van der Waals surface area contributed by atoms with Crippen LogP contribution in [0.2, 0.25) is 0 Å². The minimum Gasteiger partial charge on any atom is -0.335 e. The van der Waals surface area contributed by atoms with E-state index in [1.54, 1.807) is 0 Å². The molecule has 0 radical (unpaired) electrons. The Morgan fingerprint density at radius 3 is 2.67 bits per heavy atom. The van der Waals surface area contributed by atoms with Gasteiger partial charge in [-0.15, -0.1) is 0 Å². The highest BCUT2D eigenvalue weighted by Gasteiger charge is 2.61. The fraction of sp³-hybridized carbons (Fsp3) is 0.857. The van der Waals surface area contributed by atoms with E-state index in [4.69, 9.17) is 4.99 Å². The number of urea groups is 1. The Labute approximate surface area is 161 Å². The second kappa shape index (κ2) is 6.49. The van der Waals surface area contributed by atoms with Gasteiger partial charge in [-0.3, -0.25) is 14.7 Å². The molecule has 6 nitrogen and oxygen atoms in total. The third-order valence-electron chi connectivity index (χ3n) is 7.63. The average molecular weight is 373 g/mol. The minimum atomic E-state index is -0.576. The first kappa shape index (κ1) is 17.5. The van der Waals surface area contributed by atoms with E-state index < -0.39 is 5.54 Å². The van der Waals surface area contributed by atoms with E-state index in [9.17, 15) is 9.59 Å². The van der Waals surface area contributed by atoms with Crippen molar-refractivity contribution in [2.24, 2.45) is 22.7 Å². The number of rotatable bonds is 4. The molecule has 148 valence electrons. The van der Waals surface area contributed by atoms with Crippen molar-refractivity contribution in [3.8, 4) is 0 Å². The second-order valence-electron chi connectivity index (χ2n) is 9.41. The van der Waals surface area contributed by atoms with Gasteiger partial charge >= 0.3 is 6.03 Å². The van der Waals surface area contributed by atoms with Crippen LogP contribution in [0.1, 0.15) is 64.7 Å². The number of carbonyl (C=O) groups excluding carboxylic acids is 2. The smallest absolute Gasteiger partial charge is 0.317 e. The first-order chi connectivity index (χ1) is 13.1. The number of amides is 3. The predicted molar refractivity (Wildman–Crippen MR) is 103 cm³/mol. The van der Waals surface area contributed by atoms with Crippen molar-refractivity contribution in [3.63, 3.8) is 0 Å². The predicted octanol–water partition coefficient (Wildman–Crippen LogP) is 2.78. The number of fused-ring (bicyclic) bond motifs is 2. The zero-order valence-corrected chi connectivity index (χ0v) is 16.5. The standard InChI is InChI=1S/C21H32N4O2/c1-2-18-23-21(19(26)25(18)11-14-7-8-14)10-9-15-12-24(13-17(15)21)20(27)22-16-5-3-4-6-16/h14-17H,2-13H2,1H3,(H,22,27)/t15-,17+,21-/m1/s1. The molecule has 1 N–H and O–H groups in total. The number of nitrogens with zero attached hydrogens (tertiary/aromatic N) is 3. The number of amidine groups is 1. The van der Waals surface area contributed by atoms with Gasteiger partial charge in [-0.05, 0) is 50.4 Å². The van der Waals surface area contributed by atoms with Gasteiger partial charge in [0.2, 0.25) is 0 Å². The summed E-state index contributed by atoms with van der Waals surface area (Å²) in [4.78, 5) is 35.2. The third-order valence-corrected chi connectivity index (χ3v) is 7.63. The van der Waals surface area contributed by atoms with Gasteiger partial charge in [-0.25, -0.2) is 4.79 Å². The van der Waals surface area contributed by atoms with Crippen LogP contribution in [0.15, 0.2) is 4.99 Å². The molecular formula is C21H32N4O2. The van der Waals surface area contributed by atoms with Crippen LogP contribution in [0.25, 0.3) is 0 Å². The zero-order valence-electron chi connectivity index (χ0n) is 16.5. The van der Waals surface area contributed by atoms with Crippen molar-refractivity contribution >= 4 is 17.8 Å². The molecule has 4 fully saturated rings. The molecule has 0 unspecified atom stereocenters. The zero-order chi connectivity index (χ0) is 18.6. The Morgan fingerprint density at radius 1 is 1.19 bits per heavy atom. The van der Waals surface area contributed by atoms with Gasteiger partial charge < -0.3 is 10.2 Å². The molecule has 0 bridgehead atoms. The summed E-state index contributed by atoms with van der Waals surface area (Å²) >= 11 is 0. The quantitative estimate of drug-likeness (QED) is 0.825. The largest absolute Gasteiger partial charge is 0.335 e. The van der Waals surface area contributed by atoms with Crippen LogP contribution in [0.5, 0.6) is 0 Å². The van der Waals surface area contributed by atoms with Crippen molar-refractivity contribution in [1.29, 1.82) is 0 Å². The maximum Gasteiger partial charge on any atom is 0.317 e. The molecule has 1 saturated heterocycles. The topological polar surface area (TPSA) is 65.0 Å². The van der Waals surface area contributed by atoms with E-state index in [1.807, 2.05) is 9.80 Å². The Kier molecular flexibility index (Phi) is 4.21. The van der Waals surface area contributed by atoms with Crippen molar-refractivity contribution in [3.05, 3.63) is 0 Å². The fourth-order valence-corrected chi connectivity index (χ4v) is 5.91. The molecule has 2 aliphatic heterocycles. The summed E-state index contributed by atoms with van der Waals surface area (Å²) in [5, 5.41) is 3.22. The number of carbonyl (C=O) groups is 2. The summed E-state index contributed by atoms with van der Waals surface area (Å²) in [6.45, 7) is 4.44. The van der Waals surface area contributed by atoms with Gasteiger partial charge in [0.25, 0.3) is 5.91 Å². The number of nitrogens with one attached hydrogen (secondary N) is 1. The van der Waals surface area contributed by atoms with Crippen LogP contribution in [0.4, 0.5) is 4.79 Å². The summed E-state index contributed by atoms with van der Waals surface area (Å²) in [6.07, 6.45) is 9.85. The molecule has 3 atom stereocenters. The first-order valence-electron chi connectivity index (χ1n) is 11.1. The van der Waals surface area contributed by atoms with Crippen LogP contribution in [-0.4, -0.2) is 58.8 Å². The van der Waals surface area contributed by atoms with E-state index in [1.165, 1.54) is 25.7 Å². The average Bonchev–Trinajstić information content (AvgIpc) is 3.03. The van der Waals surface area contributed by atoms with Gasteiger partial charge in [-0.1, -0.05) is 19.8 Å². The molecular weight excluding hydrogens is 340 g/mol. The molecule has 2 heterocycles. The molecule has 5 rings (SSSR count). The van der Waals surface area contributed by atoms with Crippen LogP contribution >= 0.6 is 0 Å². The van der Waals surface area contributed by atoms with E-state index in [0.29, 0.717) is 24.4 Å². The van der Waals surface area contributed by atoms with Crippen molar-refractivity contribution in [2.75, 3.05) is 19.6 Å². The highest BCUT2D eigenvalue weighted by molar-refractivity contribution is 6.08. The van der Waals surface area contributed by atoms with Crippen molar-refractivity contribution in [2.45, 2.75) is 76.3 Å². The molecule has 3 saturated carbocycles. The lowest BCUT2D eigenvalue weighted by Gasteiger charge is -2.28. The first-order valence-corrected chi connectivity index (χ1v) is 11.1. The van der Waals surface area contributed by atoms with Crippen molar-refractivity contribution in [1.82, 2.24) is 15.1 Å². The van der Waals surface area contributed by atoms with Crippen LogP contribution in [0, 0.1) is 17.8 Å². The lowest BCUT2D eigenvalue weighted by atomic mass is 9.85. The minimum absolute atomic E-state index is 0.0754. The third kappa shape index (κ3) is 2.87. The van der Waals surface area contributed by atoms with Gasteiger partial charge in [-0.2, -0.15) is 0 Å². The lowest BCUT2D eigenvalue weighted by Crippen LogP contribution is -2.48. The van der Waals surface area contributed by atoms with E-state index in [0.717, 1.165) is 51.0 Å². The Morgan fingerprint density at radius 2 is 1.96 bits per heavy atom. The van der Waals surface area contributed by atoms with E-state index in [2.05, 4.69) is 12.2 Å². The maximum atomic E-state index is 13.5. The van der Waals surface area contributed by atoms with Gasteiger partial charge in [0.1, 0.15) is 11.4 Å². The van der Waals surface area contributed by atoms with Gasteiger partial charge in [0.05, 0.1) is 0 Å². The van der Waals surface area contributed by atoms with Crippen LogP contribution in [0.3, 0.4) is 0 Å². The monoisotopic (exact) mass is 372 g/mol. The molecule has 3 aliphatic carbocycles. The highest BCUT2D eigenvalue weighted by atomic mass is 16.2. The molecule has 6 heteroatoms. The lowest BCUT2D eigenvalue weighted by molar-refractivity contribution is -0.132. The Bertz CT molecular complexity index is 667. The fourth-order valence-electron chi connectivity index (χ4n) is 5.91. The van der Waals surface area contributed by atoms with Gasteiger partial charge in [0.15, 0.2) is 0 Å². The van der Waals surface area contributed by atoms with Crippen molar-refractivity contribution < 1.29 is 9.59 Å². The summed E-state index contributed by atoms with van der Waals surface area (Å²) in [5.41, 5.74) is -0.576. The molecule has 0 aromatic carbocycles. The van der Waals surface area contributed by atoms with E-state index >= 15 is 0 Å². The Balaban J connectivity index is 1.31. The number of hydrogen-bond acceptors (Lipinski definition) is 3. The molecule has 27 heavy (non-hydrogen) atoms. The summed E-state index contributed by atoms with van der Waals surface area (Å²) < 4.78 is 0. The molecule has 0 aromatic heterocycles. The molecule has 5 aliphatic rings. The summed E-state index contributed by atoms with van der Waals surface area (Å²) in [6, 6.07) is 0.421. The molecule has 1 spiro atoms. The normalized spacial score (nSPS) is 36.0. The van der Waals surface area contributed by atoms with Crippen LogP contribution in [-0.2, 0) is 4.79 Å². The highest BCUT2D eigenvalue weighted by Crippen LogP contribution is 2.51. The molecule has 3 amide bonds. The number of hydrogen-bond donors (Lipinski definition) is 1. The Hall–Kier alpha value is -1.59.